The molecule has 4 rings (SSSR count). The van der Waals surface area contributed by atoms with Crippen molar-refractivity contribution in [3.05, 3.63) is 75.9 Å². The number of hydrogen-bond acceptors (Lipinski definition) is 6. The minimum Gasteiger partial charge on any atom is -0.384 e. The van der Waals surface area contributed by atoms with Crippen molar-refractivity contribution < 1.29 is 14.1 Å². The number of carbonyl (C=O) groups excluding carboxylic acids is 2. The van der Waals surface area contributed by atoms with Gasteiger partial charge in [-0.1, -0.05) is 32.9 Å². The van der Waals surface area contributed by atoms with E-state index in [9.17, 15) is 14.4 Å². The van der Waals surface area contributed by atoms with Gasteiger partial charge in [0.15, 0.2) is 0 Å². The first-order valence-electron chi connectivity index (χ1n) is 11.8. The van der Waals surface area contributed by atoms with Gasteiger partial charge in [0, 0.05) is 57.0 Å². The molecule has 3 aromatic rings. The van der Waals surface area contributed by atoms with Crippen LogP contribution < -0.4 is 15.8 Å². The van der Waals surface area contributed by atoms with Gasteiger partial charge in [-0.15, -0.1) is 0 Å². The lowest BCUT2D eigenvalue weighted by Gasteiger charge is -2.35. The van der Waals surface area contributed by atoms with Gasteiger partial charge in [-0.25, -0.2) is 4.98 Å². The molecule has 184 valence electrons. The molecule has 2 N–H and O–H groups in total. The SMILES string of the molecule is CC(C)(C)c1cccc(NC(=O)c2ccc(N3CCN(C(=O)CCc4cc(=O)[nH]o4)CC3)nc2)c1. The number of pyridine rings is 1. The van der Waals surface area contributed by atoms with E-state index in [0.717, 1.165) is 17.1 Å². The average Bonchev–Trinajstić information content (AvgIpc) is 3.27. The van der Waals surface area contributed by atoms with Crippen molar-refractivity contribution in [2.45, 2.75) is 39.0 Å². The third-order valence-corrected chi connectivity index (χ3v) is 6.11. The number of H-pyrrole nitrogens is 1. The smallest absolute Gasteiger partial charge is 0.280 e. The van der Waals surface area contributed by atoms with Gasteiger partial charge >= 0.3 is 0 Å². The zero-order valence-corrected chi connectivity index (χ0v) is 20.3. The maximum absolute atomic E-state index is 12.7. The molecule has 1 saturated heterocycles. The fourth-order valence-electron chi connectivity index (χ4n) is 3.99. The first-order valence-corrected chi connectivity index (χ1v) is 11.8. The van der Waals surface area contributed by atoms with Gasteiger partial charge in [-0.2, -0.15) is 5.16 Å². The molecule has 35 heavy (non-hydrogen) atoms. The molecular formula is C26H31N5O4. The Morgan fingerprint density at radius 1 is 1.09 bits per heavy atom. The number of aromatic nitrogens is 2. The zero-order valence-electron chi connectivity index (χ0n) is 20.3. The van der Waals surface area contributed by atoms with Crippen molar-refractivity contribution in [2.24, 2.45) is 0 Å². The Bertz CT molecular complexity index is 1230. The van der Waals surface area contributed by atoms with Gasteiger partial charge in [0.25, 0.3) is 11.5 Å². The summed E-state index contributed by atoms with van der Waals surface area (Å²) in [5.74, 6) is 1.09. The Hall–Kier alpha value is -3.88. The molecule has 0 saturated carbocycles. The van der Waals surface area contributed by atoms with Gasteiger partial charge in [0.1, 0.15) is 11.6 Å². The number of rotatable bonds is 6. The van der Waals surface area contributed by atoms with Crippen LogP contribution >= 0.6 is 0 Å². The Kier molecular flexibility index (Phi) is 7.04. The number of benzene rings is 1. The van der Waals surface area contributed by atoms with Crippen LogP contribution in [-0.2, 0) is 16.6 Å². The number of amides is 2. The summed E-state index contributed by atoms with van der Waals surface area (Å²) in [7, 11) is 0. The highest BCUT2D eigenvalue weighted by molar-refractivity contribution is 6.04. The van der Waals surface area contributed by atoms with Crippen molar-refractivity contribution in [1.82, 2.24) is 15.0 Å². The van der Waals surface area contributed by atoms with Crippen molar-refractivity contribution in [3.8, 4) is 0 Å². The van der Waals surface area contributed by atoms with Crippen LogP contribution in [0, 0.1) is 0 Å². The van der Waals surface area contributed by atoms with Crippen LogP contribution in [0.1, 0.15) is 48.9 Å². The lowest BCUT2D eigenvalue weighted by Crippen LogP contribution is -2.49. The van der Waals surface area contributed by atoms with Gasteiger partial charge < -0.3 is 19.6 Å². The predicted molar refractivity (Wildman–Crippen MR) is 134 cm³/mol. The quantitative estimate of drug-likeness (QED) is 0.564. The van der Waals surface area contributed by atoms with E-state index in [1.807, 2.05) is 29.2 Å². The van der Waals surface area contributed by atoms with Crippen LogP contribution in [0.2, 0.25) is 0 Å². The zero-order chi connectivity index (χ0) is 25.0. The molecule has 0 radical (unpaired) electrons. The number of carbonyl (C=O) groups is 2. The lowest BCUT2D eigenvalue weighted by atomic mass is 9.87. The normalized spacial score (nSPS) is 14.1. The summed E-state index contributed by atoms with van der Waals surface area (Å²) in [5.41, 5.74) is 2.09. The molecule has 0 bridgehead atoms. The first kappa shape index (κ1) is 24.3. The number of nitrogens with one attached hydrogen (secondary N) is 2. The summed E-state index contributed by atoms with van der Waals surface area (Å²) >= 11 is 0. The Morgan fingerprint density at radius 3 is 2.49 bits per heavy atom. The van der Waals surface area contributed by atoms with Crippen LogP contribution in [-0.4, -0.2) is 53.0 Å². The fraction of sp³-hybridized carbons (Fsp3) is 0.385. The second-order valence-electron chi connectivity index (χ2n) is 9.74. The lowest BCUT2D eigenvalue weighted by molar-refractivity contribution is -0.131. The second kappa shape index (κ2) is 10.2. The highest BCUT2D eigenvalue weighted by atomic mass is 16.5. The monoisotopic (exact) mass is 477 g/mol. The van der Waals surface area contributed by atoms with E-state index in [2.05, 4.69) is 47.2 Å². The van der Waals surface area contributed by atoms with Gasteiger partial charge in [-0.05, 0) is 35.2 Å². The highest BCUT2D eigenvalue weighted by Crippen LogP contribution is 2.25. The third kappa shape index (κ3) is 6.17. The highest BCUT2D eigenvalue weighted by Gasteiger charge is 2.22. The summed E-state index contributed by atoms with van der Waals surface area (Å²) in [6.45, 7) is 8.89. The molecule has 9 nitrogen and oxygen atoms in total. The standard InChI is InChI=1S/C26H31N5O4/c1-26(2,3)19-5-4-6-20(15-19)28-25(34)18-7-9-22(27-17-18)30-11-13-31(14-12-30)24(33)10-8-21-16-23(32)29-35-21/h4-7,9,15-17H,8,10-14H2,1-3H3,(H,28,34)(H,29,32). The second-order valence-corrected chi connectivity index (χ2v) is 9.74. The summed E-state index contributed by atoms with van der Waals surface area (Å²) in [5, 5.41) is 5.18. The van der Waals surface area contributed by atoms with Crippen LogP contribution in [0.4, 0.5) is 11.5 Å². The van der Waals surface area contributed by atoms with Crippen LogP contribution in [0.3, 0.4) is 0 Å². The number of hydrogen-bond donors (Lipinski definition) is 2. The van der Waals surface area contributed by atoms with E-state index in [1.165, 1.54) is 6.07 Å². The van der Waals surface area contributed by atoms with Crippen LogP contribution in [0.5, 0.6) is 0 Å². The fourth-order valence-corrected chi connectivity index (χ4v) is 3.99. The first-order chi connectivity index (χ1) is 16.7. The molecule has 1 fully saturated rings. The molecule has 2 amide bonds. The number of nitrogens with zero attached hydrogens (tertiary/aromatic N) is 3. The topological polar surface area (TPSA) is 112 Å². The number of piperazine rings is 1. The van der Waals surface area contributed by atoms with E-state index in [-0.39, 0.29) is 22.8 Å². The van der Waals surface area contributed by atoms with E-state index in [4.69, 9.17) is 4.52 Å². The summed E-state index contributed by atoms with van der Waals surface area (Å²) < 4.78 is 5.00. The summed E-state index contributed by atoms with van der Waals surface area (Å²) in [4.78, 5) is 44.7. The van der Waals surface area contributed by atoms with E-state index >= 15 is 0 Å². The van der Waals surface area contributed by atoms with Crippen molar-refractivity contribution in [1.29, 1.82) is 0 Å². The molecule has 1 aliphatic rings. The minimum absolute atomic E-state index is 0.00155. The maximum atomic E-state index is 12.7. The van der Waals surface area contributed by atoms with Crippen molar-refractivity contribution in [3.63, 3.8) is 0 Å². The number of aromatic amines is 1. The van der Waals surface area contributed by atoms with Crippen LogP contribution in [0.15, 0.2) is 58.0 Å². The third-order valence-electron chi connectivity index (χ3n) is 6.11. The van der Waals surface area contributed by atoms with E-state index in [1.54, 1.807) is 12.3 Å². The van der Waals surface area contributed by atoms with Gasteiger partial charge in [0.2, 0.25) is 5.91 Å². The number of anilines is 2. The van der Waals surface area contributed by atoms with Gasteiger partial charge in [-0.3, -0.25) is 14.4 Å². The molecule has 0 atom stereocenters. The molecule has 0 unspecified atom stereocenters. The molecule has 0 spiro atoms. The molecule has 1 aromatic carbocycles. The summed E-state index contributed by atoms with van der Waals surface area (Å²) in [6, 6.07) is 12.8. The van der Waals surface area contributed by atoms with Crippen LogP contribution in [0.25, 0.3) is 0 Å². The molecule has 9 heteroatoms. The van der Waals surface area contributed by atoms with E-state index < -0.39 is 0 Å². The molecular weight excluding hydrogens is 446 g/mol. The molecule has 3 heterocycles. The number of aryl methyl sites for hydroxylation is 1. The molecule has 0 aliphatic carbocycles. The van der Waals surface area contributed by atoms with Crippen molar-refractivity contribution in [2.75, 3.05) is 36.4 Å². The average molecular weight is 478 g/mol. The van der Waals surface area contributed by atoms with Crippen molar-refractivity contribution >= 4 is 23.3 Å². The van der Waals surface area contributed by atoms with Gasteiger partial charge in [0.05, 0.1) is 5.56 Å². The Balaban J connectivity index is 1.28. The Morgan fingerprint density at radius 2 is 1.86 bits per heavy atom. The molecule has 2 aromatic heterocycles. The largest absolute Gasteiger partial charge is 0.384 e. The minimum atomic E-state index is -0.299. The Labute approximate surface area is 204 Å². The predicted octanol–water partition coefficient (Wildman–Crippen LogP) is 3.19. The molecule has 1 aliphatic heterocycles. The summed E-state index contributed by atoms with van der Waals surface area (Å²) in [6.07, 6.45) is 2.27. The van der Waals surface area contributed by atoms with E-state index in [0.29, 0.717) is 50.3 Å². The maximum Gasteiger partial charge on any atom is 0.280 e.